The quantitative estimate of drug-likeness (QED) is 0.809. The van der Waals surface area contributed by atoms with Crippen LogP contribution in [0.5, 0.6) is 0 Å². The van der Waals surface area contributed by atoms with Crippen LogP contribution in [0, 0.1) is 5.82 Å². The van der Waals surface area contributed by atoms with Gasteiger partial charge in [-0.3, -0.25) is 4.79 Å². The van der Waals surface area contributed by atoms with E-state index in [1.165, 1.54) is 6.07 Å². The van der Waals surface area contributed by atoms with E-state index >= 15 is 0 Å². The summed E-state index contributed by atoms with van der Waals surface area (Å²) in [5, 5.41) is 2.74. The molecule has 2 nitrogen and oxygen atoms in total. The predicted molar refractivity (Wildman–Crippen MR) is 63.0 cm³/mol. The van der Waals surface area contributed by atoms with E-state index in [0.29, 0.717) is 11.4 Å². The molecule has 0 spiro atoms. The van der Waals surface area contributed by atoms with Crippen molar-refractivity contribution in [1.29, 1.82) is 0 Å². The van der Waals surface area contributed by atoms with Crippen LogP contribution in [0.1, 0.15) is 19.4 Å². The highest BCUT2D eigenvalue weighted by Gasteiger charge is 2.19. The molecule has 88 valence electrons. The fourth-order valence-corrected chi connectivity index (χ4v) is 1.34. The Balaban J connectivity index is 2.62. The summed E-state index contributed by atoms with van der Waals surface area (Å²) in [5.74, 6) is -0.271. The maximum atomic E-state index is 13.3. The Morgan fingerprint density at radius 3 is 2.62 bits per heavy atom. The fraction of sp³-hybridized carbons (Fsp3) is 0.417. The van der Waals surface area contributed by atoms with Crippen molar-refractivity contribution in [3.63, 3.8) is 0 Å². The van der Waals surface area contributed by atoms with Gasteiger partial charge in [0, 0.05) is 11.4 Å². The zero-order valence-corrected chi connectivity index (χ0v) is 10.1. The molecule has 4 heteroatoms. The Morgan fingerprint density at radius 2 is 2.06 bits per heavy atom. The number of halogens is 2. The molecule has 0 aromatic heterocycles. The molecule has 0 atom stereocenters. The van der Waals surface area contributed by atoms with Crippen molar-refractivity contribution in [2.45, 2.75) is 25.8 Å². The molecule has 1 N–H and O–H groups in total. The van der Waals surface area contributed by atoms with Gasteiger partial charge in [-0.1, -0.05) is 18.2 Å². The van der Waals surface area contributed by atoms with Crippen LogP contribution in [0.2, 0.25) is 0 Å². The average molecular weight is 244 g/mol. The van der Waals surface area contributed by atoms with Crippen LogP contribution in [0.15, 0.2) is 24.3 Å². The Bertz CT molecular complexity index is 379. The second-order valence-corrected chi connectivity index (χ2v) is 4.60. The van der Waals surface area contributed by atoms with Gasteiger partial charge in [0.05, 0.1) is 6.42 Å². The molecule has 0 radical (unpaired) electrons. The van der Waals surface area contributed by atoms with Crippen LogP contribution in [-0.2, 0) is 11.2 Å². The van der Waals surface area contributed by atoms with Gasteiger partial charge < -0.3 is 5.32 Å². The summed E-state index contributed by atoms with van der Waals surface area (Å²) < 4.78 is 13.3. The summed E-state index contributed by atoms with van der Waals surface area (Å²) in [5.41, 5.74) is -0.0745. The minimum absolute atomic E-state index is 0.0347. The third-order valence-electron chi connectivity index (χ3n) is 2.12. The van der Waals surface area contributed by atoms with E-state index in [4.69, 9.17) is 11.6 Å². The fourth-order valence-electron chi connectivity index (χ4n) is 1.27. The van der Waals surface area contributed by atoms with Gasteiger partial charge in [0.1, 0.15) is 5.82 Å². The highest BCUT2D eigenvalue weighted by molar-refractivity contribution is 6.18. The lowest BCUT2D eigenvalue weighted by Gasteiger charge is -2.23. The van der Waals surface area contributed by atoms with E-state index in [0.717, 1.165) is 0 Å². The van der Waals surface area contributed by atoms with E-state index in [9.17, 15) is 9.18 Å². The Kier molecular flexibility index (Phi) is 4.30. The van der Waals surface area contributed by atoms with Crippen molar-refractivity contribution in [1.82, 2.24) is 5.32 Å². The van der Waals surface area contributed by atoms with Gasteiger partial charge in [-0.15, -0.1) is 11.6 Å². The summed E-state index contributed by atoms with van der Waals surface area (Å²) in [6.07, 6.45) is 0.0347. The van der Waals surface area contributed by atoms with Gasteiger partial charge in [-0.25, -0.2) is 4.39 Å². The Hall–Kier alpha value is -1.09. The van der Waals surface area contributed by atoms with Crippen LogP contribution >= 0.6 is 11.6 Å². The Morgan fingerprint density at radius 1 is 1.44 bits per heavy atom. The molecule has 16 heavy (non-hydrogen) atoms. The van der Waals surface area contributed by atoms with Crippen LogP contribution in [0.3, 0.4) is 0 Å². The number of amides is 1. The van der Waals surface area contributed by atoms with E-state index in [-0.39, 0.29) is 18.1 Å². The number of hydrogen-bond donors (Lipinski definition) is 1. The molecule has 0 saturated carbocycles. The van der Waals surface area contributed by atoms with Gasteiger partial charge in [0.2, 0.25) is 5.91 Å². The standard InChI is InChI=1S/C12H15ClFNO/c1-12(2,8-13)15-11(16)7-9-5-3-4-6-10(9)14/h3-6H,7-8H2,1-2H3,(H,15,16). The van der Waals surface area contributed by atoms with Crippen LogP contribution in [0.4, 0.5) is 4.39 Å². The monoisotopic (exact) mass is 243 g/mol. The molecule has 1 aromatic rings. The molecule has 0 heterocycles. The van der Waals surface area contributed by atoms with Crippen molar-refractivity contribution in [3.05, 3.63) is 35.6 Å². The van der Waals surface area contributed by atoms with Gasteiger partial charge in [0.25, 0.3) is 0 Å². The number of alkyl halides is 1. The molecule has 1 amide bonds. The van der Waals surface area contributed by atoms with Crippen molar-refractivity contribution in [3.8, 4) is 0 Å². The zero-order valence-electron chi connectivity index (χ0n) is 9.39. The smallest absolute Gasteiger partial charge is 0.224 e. The normalized spacial score (nSPS) is 11.2. The SMILES string of the molecule is CC(C)(CCl)NC(=O)Cc1ccccc1F. The lowest BCUT2D eigenvalue weighted by molar-refractivity contribution is -0.121. The summed E-state index contributed by atoms with van der Waals surface area (Å²) in [4.78, 5) is 11.6. The Labute approximate surface area is 99.8 Å². The average Bonchev–Trinajstić information content (AvgIpc) is 2.21. The zero-order chi connectivity index (χ0) is 12.2. The second-order valence-electron chi connectivity index (χ2n) is 4.33. The van der Waals surface area contributed by atoms with Crippen molar-refractivity contribution < 1.29 is 9.18 Å². The maximum Gasteiger partial charge on any atom is 0.224 e. The number of carbonyl (C=O) groups excluding carboxylic acids is 1. The number of nitrogens with one attached hydrogen (secondary N) is 1. The van der Waals surface area contributed by atoms with Crippen LogP contribution < -0.4 is 5.32 Å². The van der Waals surface area contributed by atoms with Gasteiger partial charge in [-0.2, -0.15) is 0 Å². The third-order valence-corrected chi connectivity index (χ3v) is 2.79. The van der Waals surface area contributed by atoms with E-state index in [1.54, 1.807) is 18.2 Å². The molecule has 1 aromatic carbocycles. The maximum absolute atomic E-state index is 13.3. The van der Waals surface area contributed by atoms with Crippen LogP contribution in [0.25, 0.3) is 0 Å². The largest absolute Gasteiger partial charge is 0.350 e. The first-order valence-electron chi connectivity index (χ1n) is 5.05. The van der Waals surface area contributed by atoms with Gasteiger partial charge in [-0.05, 0) is 25.5 Å². The van der Waals surface area contributed by atoms with Crippen molar-refractivity contribution in [2.24, 2.45) is 0 Å². The lowest BCUT2D eigenvalue weighted by atomic mass is 10.1. The summed E-state index contributed by atoms with van der Waals surface area (Å²) in [6, 6.07) is 6.25. The van der Waals surface area contributed by atoms with Crippen LogP contribution in [-0.4, -0.2) is 17.3 Å². The highest BCUT2D eigenvalue weighted by Crippen LogP contribution is 2.09. The minimum atomic E-state index is -0.468. The molecule has 0 saturated heterocycles. The second kappa shape index (κ2) is 5.30. The van der Waals surface area contributed by atoms with Crippen molar-refractivity contribution in [2.75, 3.05) is 5.88 Å². The minimum Gasteiger partial charge on any atom is -0.350 e. The van der Waals surface area contributed by atoms with Gasteiger partial charge in [0.15, 0.2) is 0 Å². The molecule has 0 aliphatic heterocycles. The molecule has 0 aliphatic carbocycles. The molecule has 1 rings (SSSR count). The van der Waals surface area contributed by atoms with E-state index in [1.807, 2.05) is 13.8 Å². The highest BCUT2D eigenvalue weighted by atomic mass is 35.5. The first-order chi connectivity index (χ1) is 7.44. The third kappa shape index (κ3) is 3.81. The van der Waals surface area contributed by atoms with E-state index < -0.39 is 5.54 Å². The number of hydrogen-bond acceptors (Lipinski definition) is 1. The van der Waals surface area contributed by atoms with Gasteiger partial charge >= 0.3 is 0 Å². The van der Waals surface area contributed by atoms with Crippen molar-refractivity contribution >= 4 is 17.5 Å². The summed E-state index contributed by atoms with van der Waals surface area (Å²) in [6.45, 7) is 3.64. The number of carbonyl (C=O) groups is 1. The first kappa shape index (κ1) is 13.0. The summed E-state index contributed by atoms with van der Waals surface area (Å²) in [7, 11) is 0. The van der Waals surface area contributed by atoms with E-state index in [2.05, 4.69) is 5.32 Å². The molecule has 0 unspecified atom stereocenters. The molecule has 0 fully saturated rings. The lowest BCUT2D eigenvalue weighted by Crippen LogP contribution is -2.45. The molecule has 0 bridgehead atoms. The predicted octanol–water partition coefficient (Wildman–Crippen LogP) is 2.50. The molecular weight excluding hydrogens is 229 g/mol. The summed E-state index contributed by atoms with van der Waals surface area (Å²) >= 11 is 5.68. The first-order valence-corrected chi connectivity index (χ1v) is 5.58. The molecule has 0 aliphatic rings. The number of rotatable bonds is 4. The topological polar surface area (TPSA) is 29.1 Å². The molecular formula is C12H15ClFNO. The number of benzene rings is 1.